The van der Waals surface area contributed by atoms with E-state index < -0.39 is 0 Å². The van der Waals surface area contributed by atoms with Crippen LogP contribution in [0.25, 0.3) is 0 Å². The Labute approximate surface area is 113 Å². The van der Waals surface area contributed by atoms with E-state index in [9.17, 15) is 4.79 Å². The van der Waals surface area contributed by atoms with Crippen LogP contribution in [0.5, 0.6) is 0 Å². The SMILES string of the molecule is CC(CNC(=O)Cn1cc(N)cn1)N1CCCCC1. The second-order valence-corrected chi connectivity index (χ2v) is 5.22. The Kier molecular flexibility index (Phi) is 4.79. The molecule has 1 fully saturated rings. The fourth-order valence-electron chi connectivity index (χ4n) is 2.42. The zero-order chi connectivity index (χ0) is 13.7. The summed E-state index contributed by atoms with van der Waals surface area (Å²) in [5.74, 6) is -0.0213. The number of hydrogen-bond acceptors (Lipinski definition) is 4. The van der Waals surface area contributed by atoms with Crippen molar-refractivity contribution in [2.45, 2.75) is 38.8 Å². The number of nitrogens with two attached hydrogens (primary N) is 1. The molecule has 6 heteroatoms. The first-order chi connectivity index (χ1) is 9.15. The number of likely N-dealkylation sites (tertiary alicyclic amines) is 1. The zero-order valence-corrected chi connectivity index (χ0v) is 11.5. The number of nitrogens with one attached hydrogen (secondary N) is 1. The number of piperidine rings is 1. The number of carbonyl (C=O) groups excluding carboxylic acids is 1. The van der Waals surface area contributed by atoms with Gasteiger partial charge in [0, 0.05) is 18.8 Å². The Balaban J connectivity index is 1.70. The van der Waals surface area contributed by atoms with E-state index in [0.29, 0.717) is 18.3 Å². The van der Waals surface area contributed by atoms with Gasteiger partial charge in [-0.05, 0) is 32.9 Å². The molecule has 1 unspecified atom stereocenters. The smallest absolute Gasteiger partial charge is 0.241 e. The highest BCUT2D eigenvalue weighted by molar-refractivity contribution is 5.75. The third kappa shape index (κ3) is 4.24. The fraction of sp³-hybridized carbons (Fsp3) is 0.692. The predicted molar refractivity (Wildman–Crippen MR) is 74.5 cm³/mol. The second kappa shape index (κ2) is 6.56. The Morgan fingerprint density at radius 3 is 2.84 bits per heavy atom. The number of hydrogen-bond donors (Lipinski definition) is 2. The van der Waals surface area contributed by atoms with Gasteiger partial charge in [-0.2, -0.15) is 5.10 Å². The van der Waals surface area contributed by atoms with E-state index in [0.717, 1.165) is 13.1 Å². The Morgan fingerprint density at radius 2 is 2.21 bits per heavy atom. The molecule has 1 aliphatic heterocycles. The lowest BCUT2D eigenvalue weighted by Gasteiger charge is -2.32. The van der Waals surface area contributed by atoms with Gasteiger partial charge in [0.05, 0.1) is 11.9 Å². The average molecular weight is 265 g/mol. The first-order valence-corrected chi connectivity index (χ1v) is 6.94. The molecule has 1 aromatic rings. The van der Waals surface area contributed by atoms with Crippen molar-refractivity contribution in [1.29, 1.82) is 0 Å². The highest BCUT2D eigenvalue weighted by atomic mass is 16.2. The van der Waals surface area contributed by atoms with Crippen LogP contribution in [0.3, 0.4) is 0 Å². The molecule has 0 saturated carbocycles. The molecule has 1 aromatic heterocycles. The van der Waals surface area contributed by atoms with Crippen LogP contribution in [0.1, 0.15) is 26.2 Å². The van der Waals surface area contributed by atoms with Gasteiger partial charge in [-0.25, -0.2) is 0 Å². The monoisotopic (exact) mass is 265 g/mol. The summed E-state index contributed by atoms with van der Waals surface area (Å²) in [5, 5.41) is 6.95. The van der Waals surface area contributed by atoms with E-state index in [1.165, 1.54) is 19.3 Å². The lowest BCUT2D eigenvalue weighted by molar-refractivity contribution is -0.122. The van der Waals surface area contributed by atoms with Crippen LogP contribution >= 0.6 is 0 Å². The Morgan fingerprint density at radius 1 is 1.47 bits per heavy atom. The largest absolute Gasteiger partial charge is 0.396 e. The number of carbonyl (C=O) groups is 1. The van der Waals surface area contributed by atoms with Gasteiger partial charge in [0.1, 0.15) is 6.54 Å². The van der Waals surface area contributed by atoms with Crippen molar-refractivity contribution >= 4 is 11.6 Å². The fourth-order valence-corrected chi connectivity index (χ4v) is 2.42. The maximum absolute atomic E-state index is 11.8. The molecule has 1 aliphatic rings. The summed E-state index contributed by atoms with van der Waals surface area (Å²) in [7, 11) is 0. The molecule has 6 nitrogen and oxygen atoms in total. The highest BCUT2D eigenvalue weighted by Gasteiger charge is 2.17. The van der Waals surface area contributed by atoms with Crippen molar-refractivity contribution in [1.82, 2.24) is 20.0 Å². The van der Waals surface area contributed by atoms with Gasteiger partial charge >= 0.3 is 0 Å². The molecule has 0 bridgehead atoms. The molecule has 0 aliphatic carbocycles. The van der Waals surface area contributed by atoms with Crippen LogP contribution in [-0.2, 0) is 11.3 Å². The van der Waals surface area contributed by atoms with E-state index in [4.69, 9.17) is 5.73 Å². The minimum absolute atomic E-state index is 0.0213. The number of amides is 1. The molecule has 1 amide bonds. The topological polar surface area (TPSA) is 76.2 Å². The van der Waals surface area contributed by atoms with E-state index in [1.807, 2.05) is 0 Å². The molecule has 0 spiro atoms. The molecular formula is C13H23N5O. The maximum Gasteiger partial charge on any atom is 0.241 e. The van der Waals surface area contributed by atoms with Gasteiger partial charge in [-0.3, -0.25) is 14.4 Å². The second-order valence-electron chi connectivity index (χ2n) is 5.22. The van der Waals surface area contributed by atoms with Crippen molar-refractivity contribution in [2.24, 2.45) is 0 Å². The van der Waals surface area contributed by atoms with Crippen LogP contribution in [0.2, 0.25) is 0 Å². The van der Waals surface area contributed by atoms with Gasteiger partial charge in [0.2, 0.25) is 5.91 Å². The van der Waals surface area contributed by atoms with E-state index in [1.54, 1.807) is 17.1 Å². The molecule has 106 valence electrons. The lowest BCUT2D eigenvalue weighted by atomic mass is 10.1. The van der Waals surface area contributed by atoms with Crippen molar-refractivity contribution in [2.75, 3.05) is 25.4 Å². The Hall–Kier alpha value is -1.56. The lowest BCUT2D eigenvalue weighted by Crippen LogP contribution is -2.45. The third-order valence-electron chi connectivity index (χ3n) is 3.57. The van der Waals surface area contributed by atoms with Crippen LogP contribution < -0.4 is 11.1 Å². The summed E-state index contributed by atoms with van der Waals surface area (Å²) in [6.45, 7) is 5.37. The summed E-state index contributed by atoms with van der Waals surface area (Å²) >= 11 is 0. The molecule has 1 atom stereocenters. The molecular weight excluding hydrogens is 242 g/mol. The van der Waals surface area contributed by atoms with Crippen molar-refractivity contribution in [3.05, 3.63) is 12.4 Å². The predicted octanol–water partition coefficient (Wildman–Crippen LogP) is 0.456. The average Bonchev–Trinajstić information content (AvgIpc) is 2.82. The molecule has 3 N–H and O–H groups in total. The van der Waals surface area contributed by atoms with E-state index in [2.05, 4.69) is 22.2 Å². The number of nitrogen functional groups attached to an aromatic ring is 1. The molecule has 0 radical (unpaired) electrons. The highest BCUT2D eigenvalue weighted by Crippen LogP contribution is 2.11. The summed E-state index contributed by atoms with van der Waals surface area (Å²) in [5.41, 5.74) is 6.13. The van der Waals surface area contributed by atoms with Gasteiger partial charge in [-0.1, -0.05) is 6.42 Å². The van der Waals surface area contributed by atoms with Gasteiger partial charge in [0.15, 0.2) is 0 Å². The van der Waals surface area contributed by atoms with Gasteiger partial charge in [-0.15, -0.1) is 0 Å². The number of anilines is 1. The maximum atomic E-state index is 11.8. The van der Waals surface area contributed by atoms with Crippen molar-refractivity contribution in [3.8, 4) is 0 Å². The van der Waals surface area contributed by atoms with E-state index in [-0.39, 0.29) is 12.5 Å². The minimum atomic E-state index is -0.0213. The molecule has 2 rings (SSSR count). The molecule has 2 heterocycles. The normalized spacial score (nSPS) is 18.2. The Bertz CT molecular complexity index is 411. The van der Waals surface area contributed by atoms with Crippen LogP contribution in [0.15, 0.2) is 12.4 Å². The van der Waals surface area contributed by atoms with Crippen molar-refractivity contribution < 1.29 is 4.79 Å². The van der Waals surface area contributed by atoms with Crippen LogP contribution in [0.4, 0.5) is 5.69 Å². The number of rotatable bonds is 5. The number of nitrogens with zero attached hydrogens (tertiary/aromatic N) is 3. The zero-order valence-electron chi connectivity index (χ0n) is 11.5. The minimum Gasteiger partial charge on any atom is -0.396 e. The summed E-state index contributed by atoms with van der Waals surface area (Å²) in [6.07, 6.45) is 7.07. The van der Waals surface area contributed by atoms with Crippen LogP contribution in [0, 0.1) is 0 Å². The summed E-state index contributed by atoms with van der Waals surface area (Å²) < 4.78 is 1.55. The number of aromatic nitrogens is 2. The van der Waals surface area contributed by atoms with Gasteiger partial charge < -0.3 is 11.1 Å². The van der Waals surface area contributed by atoms with Crippen molar-refractivity contribution in [3.63, 3.8) is 0 Å². The quantitative estimate of drug-likeness (QED) is 0.811. The summed E-state index contributed by atoms with van der Waals surface area (Å²) in [6, 6.07) is 0.395. The standard InChI is InChI=1S/C13H23N5O/c1-11(17-5-3-2-4-6-17)7-15-13(19)10-18-9-12(14)8-16-18/h8-9,11H,2-7,10,14H2,1H3,(H,15,19). The molecule has 1 saturated heterocycles. The first kappa shape index (κ1) is 13.9. The molecule has 0 aromatic carbocycles. The third-order valence-corrected chi connectivity index (χ3v) is 3.57. The van der Waals surface area contributed by atoms with Gasteiger partial charge in [0.25, 0.3) is 0 Å². The van der Waals surface area contributed by atoms with E-state index >= 15 is 0 Å². The molecule has 19 heavy (non-hydrogen) atoms. The van der Waals surface area contributed by atoms with Crippen LogP contribution in [-0.4, -0.2) is 46.3 Å². The summed E-state index contributed by atoms with van der Waals surface area (Å²) in [4.78, 5) is 14.2. The first-order valence-electron chi connectivity index (χ1n) is 6.94.